The fourth-order valence-electron chi connectivity index (χ4n) is 10.0. The molecule has 222 valence electrons. The van der Waals surface area contributed by atoms with E-state index in [0.717, 1.165) is 18.4 Å². The van der Waals surface area contributed by atoms with Crippen molar-refractivity contribution in [3.05, 3.63) is 99.7 Å². The number of allylic oxidation sites excluding steroid dienone is 8. The molecule has 0 heteroatoms. The van der Waals surface area contributed by atoms with Gasteiger partial charge in [0.2, 0.25) is 0 Å². The van der Waals surface area contributed by atoms with Gasteiger partial charge in [-0.05, 0) is 128 Å². The molecule has 0 N–H and O–H groups in total. The van der Waals surface area contributed by atoms with Gasteiger partial charge < -0.3 is 0 Å². The highest BCUT2D eigenvalue weighted by Crippen LogP contribution is 2.74. The summed E-state index contributed by atoms with van der Waals surface area (Å²) in [6.45, 7) is 47.1. The molecule has 41 heavy (non-hydrogen) atoms. The predicted octanol–water partition coefficient (Wildman–Crippen LogP) is 12.4. The number of hydrogen-bond donors (Lipinski definition) is 0. The van der Waals surface area contributed by atoms with Gasteiger partial charge in [0.25, 0.3) is 0 Å². The molecule has 0 radical (unpaired) electrons. The number of unbranched alkanes of at least 4 members (excludes halogenated alkanes) is 1. The van der Waals surface area contributed by atoms with Crippen LogP contribution in [-0.4, -0.2) is 0 Å². The molecule has 0 saturated heterocycles. The van der Waals surface area contributed by atoms with Crippen molar-refractivity contribution >= 4 is 5.57 Å². The van der Waals surface area contributed by atoms with Gasteiger partial charge in [-0.15, -0.1) is 6.58 Å². The Kier molecular flexibility index (Phi) is 7.81. The van der Waals surface area contributed by atoms with Crippen LogP contribution in [0.15, 0.2) is 77.5 Å². The maximum Gasteiger partial charge on any atom is 0.0196 e. The molecular formula is C41H58. The SMILES string of the molecule is C=C(C)CCCCC(C)(C)c1ccc2c(c1C)C(=C)C1=C(C)[C@@]3(C)C(=C)C(C(=C)C)=C(C)C[C@@]3(C)[C@H](C)[C@@]1(C)[C@@H]2C. The van der Waals surface area contributed by atoms with Crippen LogP contribution in [0.1, 0.15) is 136 Å². The molecule has 4 rings (SSSR count). The molecule has 1 aromatic carbocycles. The van der Waals surface area contributed by atoms with E-state index >= 15 is 0 Å². The van der Waals surface area contributed by atoms with E-state index in [-0.39, 0.29) is 21.7 Å². The third-order valence-electron chi connectivity index (χ3n) is 12.9. The second-order valence-electron chi connectivity index (χ2n) is 15.6. The summed E-state index contributed by atoms with van der Waals surface area (Å²) in [5.41, 5.74) is 16.5. The Morgan fingerprint density at radius 1 is 0.976 bits per heavy atom. The van der Waals surface area contributed by atoms with Crippen LogP contribution >= 0.6 is 0 Å². The third-order valence-corrected chi connectivity index (χ3v) is 12.9. The van der Waals surface area contributed by atoms with Crippen molar-refractivity contribution in [1.82, 2.24) is 0 Å². The van der Waals surface area contributed by atoms with E-state index in [1.165, 1.54) is 80.5 Å². The van der Waals surface area contributed by atoms with Crippen molar-refractivity contribution in [2.75, 3.05) is 0 Å². The number of fused-ring (bicyclic) bond motifs is 3. The molecule has 0 unspecified atom stereocenters. The fourth-order valence-corrected chi connectivity index (χ4v) is 10.0. The average molecular weight is 551 g/mol. The minimum atomic E-state index is -0.150. The first-order chi connectivity index (χ1) is 18.8. The molecule has 0 nitrogen and oxygen atoms in total. The van der Waals surface area contributed by atoms with E-state index < -0.39 is 0 Å². The highest BCUT2D eigenvalue weighted by Gasteiger charge is 2.65. The van der Waals surface area contributed by atoms with Crippen molar-refractivity contribution < 1.29 is 0 Å². The van der Waals surface area contributed by atoms with Crippen LogP contribution in [0, 0.1) is 29.1 Å². The summed E-state index contributed by atoms with van der Waals surface area (Å²) in [4.78, 5) is 0. The molecule has 3 aliphatic carbocycles. The maximum absolute atomic E-state index is 4.94. The molecule has 0 spiro atoms. The molecule has 0 aliphatic heterocycles. The minimum absolute atomic E-state index is 0.00423. The summed E-state index contributed by atoms with van der Waals surface area (Å²) in [5.74, 6) is 0.845. The Balaban J connectivity index is 1.92. The lowest BCUT2D eigenvalue weighted by molar-refractivity contribution is -0.0261. The van der Waals surface area contributed by atoms with Gasteiger partial charge in [-0.3, -0.25) is 0 Å². The zero-order chi connectivity index (χ0) is 31.0. The molecule has 1 aromatic rings. The summed E-state index contributed by atoms with van der Waals surface area (Å²) < 4.78 is 0. The largest absolute Gasteiger partial charge is 0.100 e. The van der Waals surface area contributed by atoms with Crippen LogP contribution < -0.4 is 0 Å². The third kappa shape index (κ3) is 4.21. The molecular weight excluding hydrogens is 492 g/mol. The van der Waals surface area contributed by atoms with Crippen LogP contribution in [0.25, 0.3) is 5.57 Å². The maximum atomic E-state index is 4.94. The summed E-state index contributed by atoms with van der Waals surface area (Å²) in [6, 6.07) is 4.92. The van der Waals surface area contributed by atoms with E-state index in [2.05, 4.69) is 108 Å². The predicted molar refractivity (Wildman–Crippen MR) is 182 cm³/mol. The van der Waals surface area contributed by atoms with E-state index in [0.29, 0.717) is 11.8 Å². The van der Waals surface area contributed by atoms with Gasteiger partial charge in [0.1, 0.15) is 0 Å². The van der Waals surface area contributed by atoms with Crippen molar-refractivity contribution in [3.63, 3.8) is 0 Å². The second kappa shape index (κ2) is 10.1. The smallest absolute Gasteiger partial charge is 0.0196 e. The first-order valence-electron chi connectivity index (χ1n) is 16.0. The Hall–Kier alpha value is -2.34. The Morgan fingerprint density at radius 3 is 2.15 bits per heavy atom. The lowest BCUT2D eigenvalue weighted by Gasteiger charge is -2.67. The van der Waals surface area contributed by atoms with Gasteiger partial charge in [-0.2, -0.15) is 0 Å². The first-order valence-corrected chi connectivity index (χ1v) is 16.0. The van der Waals surface area contributed by atoms with Crippen molar-refractivity contribution in [1.29, 1.82) is 0 Å². The Morgan fingerprint density at radius 2 is 1.59 bits per heavy atom. The summed E-state index contributed by atoms with van der Waals surface area (Å²) in [6.07, 6.45) is 5.84. The highest BCUT2D eigenvalue weighted by molar-refractivity contribution is 5.88. The second-order valence-corrected chi connectivity index (χ2v) is 15.6. The van der Waals surface area contributed by atoms with E-state index in [9.17, 15) is 0 Å². The number of hydrogen-bond acceptors (Lipinski definition) is 0. The molecule has 3 aliphatic rings. The van der Waals surface area contributed by atoms with Crippen molar-refractivity contribution in [2.45, 2.75) is 127 Å². The molecule has 0 amide bonds. The van der Waals surface area contributed by atoms with Gasteiger partial charge in [0.15, 0.2) is 0 Å². The molecule has 0 fully saturated rings. The standard InChI is InChI=1S/C41H58/c1-24(2)19-17-18-22-38(12,13)34-21-20-33-29(8)40(15)32(11)39(14)23-26(5)35(25(3)4)30(9)41(39,16)31(10)37(40)28(7)36(33)27(34)6/h20-21,29,32H,1,3,7,9,17-19,22-23H2,2,4-6,8,10-16H3/t29-,32+,39+,40-,41-/m1/s1. The van der Waals surface area contributed by atoms with Crippen LogP contribution in [0.3, 0.4) is 0 Å². The van der Waals surface area contributed by atoms with Gasteiger partial charge in [0.05, 0.1) is 0 Å². The molecule has 0 aromatic heterocycles. The lowest BCUT2D eigenvalue weighted by Crippen LogP contribution is -2.58. The Bertz CT molecular complexity index is 1420. The number of benzene rings is 1. The normalized spacial score (nSPS) is 31.6. The molecule has 0 saturated carbocycles. The van der Waals surface area contributed by atoms with Gasteiger partial charge in [0, 0.05) is 10.8 Å². The highest BCUT2D eigenvalue weighted by atomic mass is 14.7. The Labute approximate surface area is 253 Å². The summed E-state index contributed by atoms with van der Waals surface area (Å²) in [7, 11) is 0. The van der Waals surface area contributed by atoms with Gasteiger partial charge >= 0.3 is 0 Å². The van der Waals surface area contributed by atoms with Crippen molar-refractivity contribution in [2.24, 2.45) is 22.2 Å². The van der Waals surface area contributed by atoms with Crippen LogP contribution in [0.2, 0.25) is 0 Å². The van der Waals surface area contributed by atoms with E-state index in [4.69, 9.17) is 13.2 Å². The topological polar surface area (TPSA) is 0 Å². The van der Waals surface area contributed by atoms with E-state index in [1.807, 2.05) is 0 Å². The minimum Gasteiger partial charge on any atom is -0.100 e. The zero-order valence-corrected chi connectivity index (χ0v) is 28.7. The monoisotopic (exact) mass is 550 g/mol. The van der Waals surface area contributed by atoms with Crippen LogP contribution in [-0.2, 0) is 5.41 Å². The average Bonchev–Trinajstić information content (AvgIpc) is 2.86. The van der Waals surface area contributed by atoms with Gasteiger partial charge in [-0.1, -0.05) is 109 Å². The van der Waals surface area contributed by atoms with Crippen LogP contribution in [0.4, 0.5) is 0 Å². The van der Waals surface area contributed by atoms with Crippen molar-refractivity contribution in [3.8, 4) is 0 Å². The zero-order valence-electron chi connectivity index (χ0n) is 28.7. The summed E-state index contributed by atoms with van der Waals surface area (Å²) in [5, 5.41) is 0. The quantitative estimate of drug-likeness (QED) is 0.234. The van der Waals surface area contributed by atoms with Gasteiger partial charge in [-0.25, -0.2) is 0 Å². The molecule has 0 bridgehead atoms. The summed E-state index contributed by atoms with van der Waals surface area (Å²) >= 11 is 0. The fraction of sp³-hybridized carbons (Fsp3) is 0.561. The number of rotatable bonds is 7. The molecule has 5 atom stereocenters. The van der Waals surface area contributed by atoms with E-state index in [1.54, 1.807) is 0 Å². The lowest BCUT2D eigenvalue weighted by atomic mass is 9.36. The van der Waals surface area contributed by atoms with Crippen LogP contribution in [0.5, 0.6) is 0 Å². The first kappa shape index (κ1) is 31.6. The molecule has 0 heterocycles.